The Balaban J connectivity index is 2.41. The number of carbonyl (C=O) groups is 1. The monoisotopic (exact) mass is 414 g/mol. The molecular weight excluding hydrogens is 376 g/mol. The predicted octanol–water partition coefficient (Wildman–Crippen LogP) is 7.46. The van der Waals surface area contributed by atoms with E-state index in [0.717, 1.165) is 62.5 Å². The van der Waals surface area contributed by atoms with Gasteiger partial charge in [0, 0.05) is 11.5 Å². The fourth-order valence-electron chi connectivity index (χ4n) is 4.14. The van der Waals surface area contributed by atoms with E-state index in [-0.39, 0.29) is 17.6 Å². The molecule has 0 aromatic heterocycles. The molecule has 0 fully saturated rings. The summed E-state index contributed by atoms with van der Waals surface area (Å²) in [5, 5.41) is 11.0. The highest BCUT2D eigenvalue weighted by Gasteiger charge is 2.31. The van der Waals surface area contributed by atoms with E-state index in [1.807, 2.05) is 26.0 Å². The summed E-state index contributed by atoms with van der Waals surface area (Å²) >= 11 is 0. The molecule has 166 valence electrons. The van der Waals surface area contributed by atoms with E-state index in [9.17, 15) is 9.90 Å². The Kier molecular flexibility index (Phi) is 9.48. The second kappa shape index (κ2) is 11.8. The molecule has 1 aliphatic rings. The third-order valence-corrected chi connectivity index (χ3v) is 5.87. The van der Waals surface area contributed by atoms with Gasteiger partial charge in [-0.15, -0.1) is 0 Å². The molecule has 0 radical (unpaired) electrons. The van der Waals surface area contributed by atoms with E-state index in [2.05, 4.69) is 26.5 Å². The molecular formula is C26H38O4. The number of hydrogen-bond acceptors (Lipinski definition) is 4. The first-order valence-corrected chi connectivity index (χ1v) is 11.4. The van der Waals surface area contributed by atoms with Gasteiger partial charge in [0.15, 0.2) is 0 Å². The third-order valence-electron chi connectivity index (χ3n) is 5.87. The number of aryl methyl sites for hydroxylation is 1. The maximum absolute atomic E-state index is 12.3. The van der Waals surface area contributed by atoms with Gasteiger partial charge in [-0.05, 0) is 69.6 Å². The number of aromatic hydroxyl groups is 1. The highest BCUT2D eigenvalue weighted by Crippen LogP contribution is 2.47. The largest absolute Gasteiger partial charge is 0.513 e. The molecule has 30 heavy (non-hydrogen) atoms. The molecule has 0 bridgehead atoms. The van der Waals surface area contributed by atoms with Crippen LogP contribution in [0.15, 0.2) is 35.9 Å². The van der Waals surface area contributed by atoms with Crippen LogP contribution in [-0.4, -0.2) is 17.9 Å². The van der Waals surface area contributed by atoms with Crippen molar-refractivity contribution in [3.8, 4) is 11.5 Å². The zero-order valence-electron chi connectivity index (χ0n) is 19.1. The van der Waals surface area contributed by atoms with Gasteiger partial charge >= 0.3 is 6.16 Å². The summed E-state index contributed by atoms with van der Waals surface area (Å²) in [6.07, 6.45) is 9.33. The summed E-state index contributed by atoms with van der Waals surface area (Å²) in [5.74, 6) is 0.719. The highest BCUT2D eigenvalue weighted by atomic mass is 16.7. The number of allylic oxidation sites excluding steroid dienone is 3. The van der Waals surface area contributed by atoms with Gasteiger partial charge in [0.05, 0.1) is 6.61 Å². The number of ether oxygens (including phenoxy) is 2. The lowest BCUT2D eigenvalue weighted by atomic mass is 9.73. The molecule has 1 aliphatic carbocycles. The van der Waals surface area contributed by atoms with Gasteiger partial charge in [-0.1, -0.05) is 56.9 Å². The van der Waals surface area contributed by atoms with Crippen molar-refractivity contribution in [3.05, 3.63) is 47.1 Å². The fourth-order valence-corrected chi connectivity index (χ4v) is 4.14. The van der Waals surface area contributed by atoms with Gasteiger partial charge in [-0.3, -0.25) is 0 Å². The number of hydrogen-bond donors (Lipinski definition) is 1. The van der Waals surface area contributed by atoms with E-state index in [0.29, 0.717) is 17.9 Å². The zero-order chi connectivity index (χ0) is 22.1. The Morgan fingerprint density at radius 1 is 1.20 bits per heavy atom. The van der Waals surface area contributed by atoms with Crippen LogP contribution in [0.1, 0.15) is 89.7 Å². The maximum Gasteiger partial charge on any atom is 0.513 e. The molecule has 1 N–H and O–H groups in total. The zero-order valence-corrected chi connectivity index (χ0v) is 19.1. The van der Waals surface area contributed by atoms with Crippen LogP contribution in [0.2, 0.25) is 0 Å². The number of phenolic OH excluding ortho intramolecular Hbond substituents is 1. The van der Waals surface area contributed by atoms with E-state index >= 15 is 0 Å². The van der Waals surface area contributed by atoms with Crippen molar-refractivity contribution in [2.24, 2.45) is 5.92 Å². The number of unbranched alkanes of at least 4 members (excludes halogenated alkanes) is 3. The first-order valence-electron chi connectivity index (χ1n) is 11.4. The lowest BCUT2D eigenvalue weighted by molar-refractivity contribution is 0.0972. The van der Waals surface area contributed by atoms with Crippen molar-refractivity contribution in [2.45, 2.75) is 85.0 Å². The Bertz CT molecular complexity index is 763. The molecule has 0 saturated heterocycles. The van der Waals surface area contributed by atoms with Crippen molar-refractivity contribution in [1.82, 2.24) is 0 Å². The lowest BCUT2D eigenvalue weighted by Crippen LogP contribution is -2.19. The summed E-state index contributed by atoms with van der Waals surface area (Å²) in [4.78, 5) is 12.3. The summed E-state index contributed by atoms with van der Waals surface area (Å²) in [6, 6.07) is 3.73. The Labute approximate surface area is 182 Å². The van der Waals surface area contributed by atoms with Crippen LogP contribution in [0.3, 0.4) is 0 Å². The summed E-state index contributed by atoms with van der Waals surface area (Å²) in [6.45, 7) is 12.9. The molecule has 0 heterocycles. The lowest BCUT2D eigenvalue weighted by Gasteiger charge is -2.32. The van der Waals surface area contributed by atoms with Crippen LogP contribution >= 0.6 is 0 Å². The van der Waals surface area contributed by atoms with Crippen LogP contribution in [0.5, 0.6) is 11.5 Å². The van der Waals surface area contributed by atoms with E-state index < -0.39 is 6.16 Å². The maximum atomic E-state index is 12.3. The predicted molar refractivity (Wildman–Crippen MR) is 122 cm³/mol. The molecule has 0 aliphatic heterocycles. The van der Waals surface area contributed by atoms with E-state index in [4.69, 9.17) is 9.47 Å². The van der Waals surface area contributed by atoms with Crippen LogP contribution < -0.4 is 4.74 Å². The van der Waals surface area contributed by atoms with Crippen molar-refractivity contribution in [2.75, 3.05) is 6.61 Å². The second-order valence-electron chi connectivity index (χ2n) is 8.57. The third kappa shape index (κ3) is 6.65. The van der Waals surface area contributed by atoms with Crippen LogP contribution in [-0.2, 0) is 11.2 Å². The van der Waals surface area contributed by atoms with E-state index in [1.165, 1.54) is 5.57 Å². The highest BCUT2D eigenvalue weighted by molar-refractivity contribution is 5.66. The van der Waals surface area contributed by atoms with Gasteiger partial charge < -0.3 is 14.6 Å². The van der Waals surface area contributed by atoms with E-state index in [1.54, 1.807) is 0 Å². The molecule has 0 spiro atoms. The standard InChI is InChI=1S/C26H38O4/c1-6-8-10-11-20-16-23(27)25(22-15-19(5)12-13-21(22)18(3)4)24(17-20)30-26(28)29-14-9-7-2/h15-17,21-22,27H,3,6-14H2,1-2,4-5H3/t21-,22+/m0/s1. The average molecular weight is 415 g/mol. The first-order chi connectivity index (χ1) is 14.4. The average Bonchev–Trinajstić information content (AvgIpc) is 2.68. The Hall–Kier alpha value is -2.23. The quantitative estimate of drug-likeness (QED) is 0.187. The van der Waals surface area contributed by atoms with Gasteiger partial charge in [-0.2, -0.15) is 0 Å². The summed E-state index contributed by atoms with van der Waals surface area (Å²) in [7, 11) is 0. The Morgan fingerprint density at radius 2 is 1.93 bits per heavy atom. The molecule has 1 aromatic rings. The topological polar surface area (TPSA) is 55.8 Å². The second-order valence-corrected chi connectivity index (χ2v) is 8.57. The molecule has 2 rings (SSSR count). The number of rotatable bonds is 10. The molecule has 4 nitrogen and oxygen atoms in total. The van der Waals surface area contributed by atoms with Crippen LogP contribution in [0.25, 0.3) is 0 Å². The molecule has 2 atom stereocenters. The van der Waals surface area contributed by atoms with Gasteiger partial charge in [0.1, 0.15) is 11.5 Å². The van der Waals surface area contributed by atoms with Gasteiger partial charge in [-0.25, -0.2) is 4.79 Å². The smallest absolute Gasteiger partial charge is 0.507 e. The van der Waals surface area contributed by atoms with Crippen molar-refractivity contribution in [1.29, 1.82) is 0 Å². The van der Waals surface area contributed by atoms with Crippen molar-refractivity contribution in [3.63, 3.8) is 0 Å². The summed E-state index contributed by atoms with van der Waals surface area (Å²) in [5.41, 5.74) is 3.99. The molecule has 0 unspecified atom stereocenters. The minimum Gasteiger partial charge on any atom is -0.507 e. The molecule has 4 heteroatoms. The summed E-state index contributed by atoms with van der Waals surface area (Å²) < 4.78 is 10.9. The number of phenols is 1. The van der Waals surface area contributed by atoms with Crippen molar-refractivity contribution < 1.29 is 19.4 Å². The number of carbonyl (C=O) groups excluding carboxylic acids is 1. The molecule has 1 aromatic carbocycles. The Morgan fingerprint density at radius 3 is 2.60 bits per heavy atom. The van der Waals surface area contributed by atoms with Gasteiger partial charge in [0.25, 0.3) is 0 Å². The first kappa shape index (κ1) is 24.0. The molecule has 0 amide bonds. The SMILES string of the molecule is C=C(C)[C@@H]1CCC(C)=C[C@H]1c1c(O)cc(CCCCC)cc1OC(=O)OCCCC. The van der Waals surface area contributed by atoms with Crippen LogP contribution in [0.4, 0.5) is 4.79 Å². The minimum atomic E-state index is -0.710. The number of benzene rings is 1. The van der Waals surface area contributed by atoms with Crippen molar-refractivity contribution >= 4 is 6.16 Å². The fraction of sp³-hybridized carbons (Fsp3) is 0.577. The minimum absolute atomic E-state index is 0.0700. The van der Waals surface area contributed by atoms with Crippen LogP contribution in [0, 0.1) is 5.92 Å². The normalized spacial score (nSPS) is 18.6. The molecule has 0 saturated carbocycles. The van der Waals surface area contributed by atoms with Gasteiger partial charge in [0.2, 0.25) is 0 Å².